The molecule has 2 unspecified atom stereocenters. The van der Waals surface area contributed by atoms with E-state index in [2.05, 4.69) is 18.3 Å². The fourth-order valence-electron chi connectivity index (χ4n) is 2.64. The molecule has 0 aromatic carbocycles. The molecule has 1 aromatic rings. The van der Waals surface area contributed by atoms with Gasteiger partial charge in [0.2, 0.25) is 0 Å². The second-order valence-corrected chi connectivity index (χ2v) is 4.94. The van der Waals surface area contributed by atoms with E-state index in [4.69, 9.17) is 9.52 Å². The first-order valence-electron chi connectivity index (χ1n) is 6.75. The molecule has 0 bridgehead atoms. The Bertz CT molecular complexity index is 335. The van der Waals surface area contributed by atoms with E-state index in [0.29, 0.717) is 18.6 Å². The van der Waals surface area contributed by atoms with Gasteiger partial charge in [0.25, 0.3) is 0 Å². The SMILES string of the molecule is CCC(CCO)CNC1CCCc2occc21. The third-order valence-electron chi connectivity index (χ3n) is 3.82. The summed E-state index contributed by atoms with van der Waals surface area (Å²) in [6, 6.07) is 2.55. The second-order valence-electron chi connectivity index (χ2n) is 4.94. The van der Waals surface area contributed by atoms with Crippen LogP contribution in [-0.2, 0) is 6.42 Å². The highest BCUT2D eigenvalue weighted by Gasteiger charge is 2.22. The summed E-state index contributed by atoms with van der Waals surface area (Å²) in [5.74, 6) is 1.74. The molecule has 96 valence electrons. The summed E-state index contributed by atoms with van der Waals surface area (Å²) < 4.78 is 5.49. The van der Waals surface area contributed by atoms with Gasteiger partial charge < -0.3 is 14.8 Å². The Morgan fingerprint density at radius 3 is 3.24 bits per heavy atom. The van der Waals surface area contributed by atoms with Crippen molar-refractivity contribution >= 4 is 0 Å². The van der Waals surface area contributed by atoms with E-state index in [0.717, 1.165) is 31.6 Å². The van der Waals surface area contributed by atoms with Gasteiger partial charge in [0.05, 0.1) is 6.26 Å². The minimum atomic E-state index is 0.293. The van der Waals surface area contributed by atoms with Crippen LogP contribution < -0.4 is 5.32 Å². The molecule has 1 heterocycles. The van der Waals surface area contributed by atoms with Gasteiger partial charge in [-0.2, -0.15) is 0 Å². The smallest absolute Gasteiger partial charge is 0.108 e. The molecule has 1 aromatic heterocycles. The van der Waals surface area contributed by atoms with Crippen molar-refractivity contribution in [3.05, 3.63) is 23.7 Å². The van der Waals surface area contributed by atoms with Crippen LogP contribution in [0.25, 0.3) is 0 Å². The number of hydrogen-bond donors (Lipinski definition) is 2. The molecule has 1 aliphatic rings. The molecule has 0 saturated carbocycles. The van der Waals surface area contributed by atoms with Crippen LogP contribution >= 0.6 is 0 Å². The number of furan rings is 1. The van der Waals surface area contributed by atoms with Crippen LogP contribution in [0.2, 0.25) is 0 Å². The fourth-order valence-corrected chi connectivity index (χ4v) is 2.64. The Labute approximate surface area is 103 Å². The van der Waals surface area contributed by atoms with E-state index >= 15 is 0 Å². The van der Waals surface area contributed by atoms with Crippen molar-refractivity contribution in [1.82, 2.24) is 5.32 Å². The Kier molecular flexibility index (Phi) is 4.63. The van der Waals surface area contributed by atoms with Gasteiger partial charge in [0, 0.05) is 24.6 Å². The Balaban J connectivity index is 1.88. The van der Waals surface area contributed by atoms with Crippen molar-refractivity contribution in [3.63, 3.8) is 0 Å². The molecule has 2 atom stereocenters. The molecular weight excluding hydrogens is 214 g/mol. The number of rotatable bonds is 6. The first kappa shape index (κ1) is 12.7. The van der Waals surface area contributed by atoms with Crippen molar-refractivity contribution in [3.8, 4) is 0 Å². The van der Waals surface area contributed by atoms with Gasteiger partial charge in [-0.15, -0.1) is 0 Å². The normalized spacial score (nSPS) is 21.2. The van der Waals surface area contributed by atoms with E-state index in [1.807, 2.05) is 0 Å². The Morgan fingerprint density at radius 1 is 1.59 bits per heavy atom. The summed E-state index contributed by atoms with van der Waals surface area (Å²) in [7, 11) is 0. The maximum atomic E-state index is 8.99. The first-order valence-corrected chi connectivity index (χ1v) is 6.75. The summed E-state index contributed by atoms with van der Waals surface area (Å²) in [6.45, 7) is 3.47. The van der Waals surface area contributed by atoms with Crippen molar-refractivity contribution in [2.24, 2.45) is 5.92 Å². The van der Waals surface area contributed by atoms with E-state index in [9.17, 15) is 0 Å². The average molecular weight is 237 g/mol. The molecule has 3 nitrogen and oxygen atoms in total. The van der Waals surface area contributed by atoms with Gasteiger partial charge in [-0.25, -0.2) is 0 Å². The average Bonchev–Trinajstić information content (AvgIpc) is 2.83. The van der Waals surface area contributed by atoms with Gasteiger partial charge in [0.1, 0.15) is 5.76 Å². The molecule has 0 fully saturated rings. The Hall–Kier alpha value is -0.800. The fraction of sp³-hybridized carbons (Fsp3) is 0.714. The molecule has 0 radical (unpaired) electrons. The third-order valence-corrected chi connectivity index (χ3v) is 3.82. The largest absolute Gasteiger partial charge is 0.469 e. The minimum absolute atomic E-state index is 0.293. The van der Waals surface area contributed by atoms with E-state index in [-0.39, 0.29) is 0 Å². The lowest BCUT2D eigenvalue weighted by Crippen LogP contribution is -2.29. The van der Waals surface area contributed by atoms with Crippen LogP contribution in [-0.4, -0.2) is 18.3 Å². The van der Waals surface area contributed by atoms with Gasteiger partial charge in [0.15, 0.2) is 0 Å². The van der Waals surface area contributed by atoms with Crippen molar-refractivity contribution in [2.75, 3.05) is 13.2 Å². The molecule has 0 spiro atoms. The summed E-state index contributed by atoms with van der Waals surface area (Å²) in [6.07, 6.45) is 7.30. The molecule has 0 amide bonds. The molecule has 0 saturated heterocycles. The van der Waals surface area contributed by atoms with Crippen LogP contribution in [0.3, 0.4) is 0 Å². The predicted octanol–water partition coefficient (Wildman–Crippen LogP) is 2.66. The maximum absolute atomic E-state index is 8.99. The van der Waals surface area contributed by atoms with E-state index in [1.165, 1.54) is 18.4 Å². The second kappa shape index (κ2) is 6.22. The first-order chi connectivity index (χ1) is 8.35. The zero-order valence-corrected chi connectivity index (χ0v) is 10.6. The topological polar surface area (TPSA) is 45.4 Å². The molecule has 1 aliphatic carbocycles. The van der Waals surface area contributed by atoms with E-state index < -0.39 is 0 Å². The summed E-state index contributed by atoms with van der Waals surface area (Å²) in [5.41, 5.74) is 1.34. The summed E-state index contributed by atoms with van der Waals surface area (Å²) >= 11 is 0. The standard InChI is InChI=1S/C14H23NO2/c1-2-11(6-8-16)10-15-13-4-3-5-14-12(13)7-9-17-14/h7,9,11,13,15-16H,2-6,8,10H2,1H3. The molecule has 0 aliphatic heterocycles. The van der Waals surface area contributed by atoms with Crippen molar-refractivity contribution in [1.29, 1.82) is 0 Å². The third kappa shape index (κ3) is 3.11. The highest BCUT2D eigenvalue weighted by atomic mass is 16.3. The quantitative estimate of drug-likeness (QED) is 0.799. The maximum Gasteiger partial charge on any atom is 0.108 e. The van der Waals surface area contributed by atoms with Crippen molar-refractivity contribution in [2.45, 2.75) is 45.1 Å². The van der Waals surface area contributed by atoms with Gasteiger partial charge >= 0.3 is 0 Å². The van der Waals surface area contributed by atoms with Crippen LogP contribution in [0.4, 0.5) is 0 Å². The monoisotopic (exact) mass is 237 g/mol. The zero-order valence-electron chi connectivity index (χ0n) is 10.6. The van der Waals surface area contributed by atoms with Gasteiger partial charge in [-0.1, -0.05) is 13.3 Å². The number of aryl methyl sites for hydroxylation is 1. The summed E-state index contributed by atoms with van der Waals surface area (Å²) in [4.78, 5) is 0. The van der Waals surface area contributed by atoms with Crippen molar-refractivity contribution < 1.29 is 9.52 Å². The Morgan fingerprint density at radius 2 is 2.47 bits per heavy atom. The lowest BCUT2D eigenvalue weighted by molar-refractivity contribution is 0.246. The number of nitrogens with one attached hydrogen (secondary N) is 1. The van der Waals surface area contributed by atoms with Crippen LogP contribution in [0.15, 0.2) is 16.7 Å². The lowest BCUT2D eigenvalue weighted by Gasteiger charge is -2.25. The molecule has 2 N–H and O–H groups in total. The molecular formula is C14H23NO2. The summed E-state index contributed by atoms with van der Waals surface area (Å²) in [5, 5.41) is 12.6. The van der Waals surface area contributed by atoms with Gasteiger partial charge in [-0.05, 0) is 37.8 Å². The zero-order chi connectivity index (χ0) is 12.1. The molecule has 3 heteroatoms. The van der Waals surface area contributed by atoms with E-state index in [1.54, 1.807) is 6.26 Å². The number of aliphatic hydroxyl groups excluding tert-OH is 1. The minimum Gasteiger partial charge on any atom is -0.469 e. The number of aliphatic hydroxyl groups is 1. The highest BCUT2D eigenvalue weighted by molar-refractivity contribution is 5.23. The molecule has 17 heavy (non-hydrogen) atoms. The van der Waals surface area contributed by atoms with Crippen LogP contribution in [0, 0.1) is 5.92 Å². The van der Waals surface area contributed by atoms with Gasteiger partial charge in [-0.3, -0.25) is 0 Å². The lowest BCUT2D eigenvalue weighted by atomic mass is 9.92. The molecule has 2 rings (SSSR count). The number of fused-ring (bicyclic) bond motifs is 1. The highest BCUT2D eigenvalue weighted by Crippen LogP contribution is 2.30. The van der Waals surface area contributed by atoms with Crippen LogP contribution in [0.1, 0.15) is 50.0 Å². The number of hydrogen-bond acceptors (Lipinski definition) is 3. The predicted molar refractivity (Wildman–Crippen MR) is 67.9 cm³/mol. The van der Waals surface area contributed by atoms with Crippen LogP contribution in [0.5, 0.6) is 0 Å².